The van der Waals surface area contributed by atoms with E-state index in [4.69, 9.17) is 0 Å². The number of nitrogens with zero attached hydrogens (tertiary/aromatic N) is 2. The van der Waals surface area contributed by atoms with Crippen LogP contribution < -0.4 is 16.0 Å². The van der Waals surface area contributed by atoms with Gasteiger partial charge in [-0.3, -0.25) is 9.59 Å². The smallest absolute Gasteiger partial charge is 0.237 e. The lowest BCUT2D eigenvalue weighted by atomic mass is 9.91. The normalized spacial score (nSPS) is 17.3. The fraction of sp³-hybridized carbons (Fsp3) is 0.391. The zero-order chi connectivity index (χ0) is 22.1. The largest absolute Gasteiger partial charge is 0.360 e. The number of H-pyrrole nitrogens is 1. The summed E-state index contributed by atoms with van der Waals surface area (Å²) in [4.78, 5) is 38.4. The Morgan fingerprint density at radius 2 is 1.94 bits per heavy atom. The van der Waals surface area contributed by atoms with Gasteiger partial charge in [0.25, 0.3) is 0 Å². The van der Waals surface area contributed by atoms with E-state index in [1.807, 2.05) is 38.1 Å². The number of imidazole rings is 1. The van der Waals surface area contributed by atoms with Crippen LogP contribution in [0.1, 0.15) is 48.6 Å². The average Bonchev–Trinajstić information content (AvgIpc) is 3.39. The highest BCUT2D eigenvalue weighted by atomic mass is 16.2. The predicted octanol–water partition coefficient (Wildman–Crippen LogP) is 2.60. The summed E-state index contributed by atoms with van der Waals surface area (Å²) in [6.07, 6.45) is 2.23. The van der Waals surface area contributed by atoms with E-state index < -0.39 is 6.04 Å². The molecule has 0 saturated heterocycles. The first kappa shape index (κ1) is 21.0. The quantitative estimate of drug-likeness (QED) is 0.437. The molecule has 0 saturated carbocycles. The second kappa shape index (κ2) is 8.47. The van der Waals surface area contributed by atoms with Crippen molar-refractivity contribution in [1.82, 2.24) is 25.6 Å². The fourth-order valence-corrected chi connectivity index (χ4v) is 3.89. The van der Waals surface area contributed by atoms with Crippen LogP contribution in [0.15, 0.2) is 36.5 Å². The minimum atomic E-state index is -0.611. The van der Waals surface area contributed by atoms with Gasteiger partial charge in [-0.05, 0) is 38.1 Å². The Morgan fingerprint density at radius 1 is 1.16 bits per heavy atom. The van der Waals surface area contributed by atoms with Gasteiger partial charge >= 0.3 is 0 Å². The van der Waals surface area contributed by atoms with Crippen LogP contribution in [0, 0.1) is 5.92 Å². The van der Waals surface area contributed by atoms with Gasteiger partial charge < -0.3 is 20.9 Å². The van der Waals surface area contributed by atoms with Crippen molar-refractivity contribution in [2.24, 2.45) is 5.92 Å². The molecule has 0 aliphatic carbocycles. The monoisotopic (exact) mass is 420 g/mol. The summed E-state index contributed by atoms with van der Waals surface area (Å²) >= 11 is 0. The van der Waals surface area contributed by atoms with E-state index in [-0.39, 0.29) is 29.7 Å². The topological polar surface area (TPSA) is 112 Å². The van der Waals surface area contributed by atoms with Crippen molar-refractivity contribution in [3.8, 4) is 0 Å². The lowest BCUT2D eigenvalue weighted by Gasteiger charge is -2.24. The second-order valence-electron chi connectivity index (χ2n) is 8.33. The first-order valence-electron chi connectivity index (χ1n) is 10.6. The van der Waals surface area contributed by atoms with E-state index in [0.29, 0.717) is 17.8 Å². The molecule has 0 spiro atoms. The number of nitrogens with one attached hydrogen (secondary N) is 4. The fourth-order valence-electron chi connectivity index (χ4n) is 3.89. The first-order chi connectivity index (χ1) is 14.9. The van der Waals surface area contributed by atoms with Gasteiger partial charge in [-0.15, -0.1) is 0 Å². The van der Waals surface area contributed by atoms with Crippen LogP contribution in [0.25, 0.3) is 11.0 Å². The number of benzene rings is 1. The summed E-state index contributed by atoms with van der Waals surface area (Å²) in [5, 5.41) is 9.21. The average molecular weight is 421 g/mol. The molecule has 3 heterocycles. The maximum atomic E-state index is 13.5. The molecule has 162 valence electrons. The molecule has 0 fully saturated rings. The zero-order valence-corrected chi connectivity index (χ0v) is 18.2. The van der Waals surface area contributed by atoms with Crippen molar-refractivity contribution in [2.75, 3.05) is 12.4 Å². The summed E-state index contributed by atoms with van der Waals surface area (Å²) in [7, 11) is 1.72. The highest BCUT2D eigenvalue weighted by Gasteiger charge is 2.33. The van der Waals surface area contributed by atoms with Crippen molar-refractivity contribution in [3.63, 3.8) is 0 Å². The molecule has 8 nitrogen and oxygen atoms in total. The number of hydrogen-bond acceptors (Lipinski definition) is 6. The molecule has 3 aromatic rings. The summed E-state index contributed by atoms with van der Waals surface area (Å²) in [5.41, 5.74) is 3.33. The van der Waals surface area contributed by atoms with E-state index in [1.54, 1.807) is 26.2 Å². The molecule has 0 radical (unpaired) electrons. The molecular weight excluding hydrogens is 392 g/mol. The van der Waals surface area contributed by atoms with Crippen molar-refractivity contribution >= 4 is 28.5 Å². The number of ketones is 1. The highest BCUT2D eigenvalue weighted by molar-refractivity contribution is 6.04. The number of carbonyl (C=O) groups is 2. The number of aromatic amines is 1. The maximum absolute atomic E-state index is 13.5. The molecule has 4 N–H and O–H groups in total. The number of likely N-dealkylation sites (N-methyl/N-ethyl adjacent to an activating group) is 1. The summed E-state index contributed by atoms with van der Waals surface area (Å²) in [5.74, 6) is 1.16. The Morgan fingerprint density at radius 3 is 2.65 bits per heavy atom. The van der Waals surface area contributed by atoms with E-state index >= 15 is 0 Å². The van der Waals surface area contributed by atoms with Crippen molar-refractivity contribution in [2.45, 2.75) is 45.3 Å². The lowest BCUT2D eigenvalue weighted by Crippen LogP contribution is -2.50. The van der Waals surface area contributed by atoms with Crippen molar-refractivity contribution < 1.29 is 9.59 Å². The van der Waals surface area contributed by atoms with Crippen molar-refractivity contribution in [1.29, 1.82) is 0 Å². The van der Waals surface area contributed by atoms with Gasteiger partial charge in [0.05, 0.1) is 29.2 Å². The molecule has 2 aromatic heterocycles. The van der Waals surface area contributed by atoms with Crippen LogP contribution in [0.2, 0.25) is 0 Å². The number of hydrogen-bond donors (Lipinski definition) is 4. The van der Waals surface area contributed by atoms with E-state index in [0.717, 1.165) is 22.4 Å². The Hall–Kier alpha value is -3.26. The van der Waals surface area contributed by atoms with E-state index in [2.05, 4.69) is 30.9 Å². The Balaban J connectivity index is 1.60. The highest BCUT2D eigenvalue weighted by Crippen LogP contribution is 2.35. The van der Waals surface area contributed by atoms with Crippen LogP contribution in [-0.2, 0) is 11.2 Å². The van der Waals surface area contributed by atoms with Crippen LogP contribution >= 0.6 is 0 Å². The number of fused-ring (bicyclic) bond motifs is 2. The SMILES string of the molecule is CN[C@H](C)C(=O)N[C@H](C(=O)c1ccnc2c1C[C@@H](c1nc3ccccc3[nH]1)N2)C(C)C. The third-order valence-electron chi connectivity index (χ3n) is 5.85. The van der Waals surface area contributed by atoms with Gasteiger partial charge in [-0.1, -0.05) is 26.0 Å². The lowest BCUT2D eigenvalue weighted by molar-refractivity contribution is -0.123. The molecular formula is C23H28N6O2. The van der Waals surface area contributed by atoms with Crippen LogP contribution in [0.5, 0.6) is 0 Å². The molecule has 31 heavy (non-hydrogen) atoms. The van der Waals surface area contributed by atoms with Gasteiger partial charge in [0.15, 0.2) is 5.78 Å². The standard InChI is InChI=1S/C23H28N6O2/c1-12(2)19(29-23(31)13(3)24-4)20(30)14-9-10-25-21-15(14)11-18(28-21)22-26-16-7-5-6-8-17(16)27-22/h5-10,12-13,18-19,24H,11H2,1-4H3,(H,25,28)(H,26,27)(H,29,31)/t13-,18+,19+/m1/s1. The number of Topliss-reactive ketones (excluding diaryl/α,β-unsaturated/α-hetero) is 1. The predicted molar refractivity (Wildman–Crippen MR) is 120 cm³/mol. The zero-order valence-electron chi connectivity index (χ0n) is 18.2. The number of rotatable bonds is 7. The number of pyridine rings is 1. The molecule has 4 rings (SSSR count). The molecule has 1 amide bonds. The van der Waals surface area contributed by atoms with Crippen LogP contribution in [0.4, 0.5) is 5.82 Å². The molecule has 8 heteroatoms. The van der Waals surface area contributed by atoms with Gasteiger partial charge in [0.1, 0.15) is 11.6 Å². The van der Waals surface area contributed by atoms with Gasteiger partial charge in [0, 0.05) is 23.7 Å². The van der Waals surface area contributed by atoms with Crippen LogP contribution in [-0.4, -0.2) is 45.8 Å². The molecule has 3 atom stereocenters. The summed E-state index contributed by atoms with van der Waals surface area (Å²) in [6.45, 7) is 5.64. The Labute approximate surface area is 181 Å². The van der Waals surface area contributed by atoms with E-state index in [1.165, 1.54) is 0 Å². The third-order valence-corrected chi connectivity index (χ3v) is 5.85. The first-order valence-corrected chi connectivity index (χ1v) is 10.6. The molecule has 1 aliphatic heterocycles. The number of carbonyl (C=O) groups excluding carboxylic acids is 2. The molecule has 1 aliphatic rings. The van der Waals surface area contributed by atoms with Crippen LogP contribution in [0.3, 0.4) is 0 Å². The number of aromatic nitrogens is 3. The Kier molecular flexibility index (Phi) is 5.73. The summed E-state index contributed by atoms with van der Waals surface area (Å²) < 4.78 is 0. The van der Waals surface area contributed by atoms with E-state index in [9.17, 15) is 9.59 Å². The maximum Gasteiger partial charge on any atom is 0.237 e. The third kappa shape index (κ3) is 4.03. The molecule has 1 aromatic carbocycles. The van der Waals surface area contributed by atoms with Gasteiger partial charge in [-0.2, -0.15) is 0 Å². The Bertz CT molecular complexity index is 1090. The number of para-hydroxylation sites is 2. The number of amides is 1. The molecule has 0 unspecified atom stereocenters. The van der Waals surface area contributed by atoms with Gasteiger partial charge in [0.2, 0.25) is 5.91 Å². The summed E-state index contributed by atoms with van der Waals surface area (Å²) in [6, 6.07) is 8.53. The molecule has 0 bridgehead atoms. The van der Waals surface area contributed by atoms with Gasteiger partial charge in [-0.25, -0.2) is 9.97 Å². The minimum Gasteiger partial charge on any atom is -0.360 e. The number of anilines is 1. The minimum absolute atomic E-state index is 0.0511. The second-order valence-corrected chi connectivity index (χ2v) is 8.33. The van der Waals surface area contributed by atoms with Crippen molar-refractivity contribution in [3.05, 3.63) is 53.5 Å².